The Kier molecular flexibility index (Phi) is 3.39. The zero-order valence-corrected chi connectivity index (χ0v) is 12.0. The van der Waals surface area contributed by atoms with Gasteiger partial charge in [0.2, 0.25) is 0 Å². The summed E-state index contributed by atoms with van der Waals surface area (Å²) in [5.41, 5.74) is 3.69. The van der Waals surface area contributed by atoms with Gasteiger partial charge in [-0.25, -0.2) is 4.98 Å². The molecule has 106 valence electrons. The number of hydrogen-bond acceptors (Lipinski definition) is 3. The fraction of sp³-hybridized carbons (Fsp3) is 0.188. The second kappa shape index (κ2) is 5.36. The van der Waals surface area contributed by atoms with Crippen molar-refractivity contribution in [2.45, 2.75) is 13.5 Å². The van der Waals surface area contributed by atoms with Gasteiger partial charge in [0.1, 0.15) is 5.82 Å². The van der Waals surface area contributed by atoms with Crippen LogP contribution in [0.2, 0.25) is 0 Å². The predicted molar refractivity (Wildman–Crippen MR) is 80.9 cm³/mol. The van der Waals surface area contributed by atoms with Gasteiger partial charge in [0, 0.05) is 31.5 Å². The summed E-state index contributed by atoms with van der Waals surface area (Å²) < 4.78 is 2.05. The molecule has 1 N–H and O–H groups in total. The zero-order chi connectivity index (χ0) is 14.8. The molecule has 2 heterocycles. The Hall–Kier alpha value is -2.69. The molecule has 5 heteroatoms. The molecule has 3 rings (SSSR count). The molecule has 0 saturated carbocycles. The number of carbonyl (C=O) groups excluding carboxylic acids is 1. The van der Waals surface area contributed by atoms with Crippen molar-refractivity contribution < 1.29 is 4.79 Å². The van der Waals surface area contributed by atoms with E-state index in [1.807, 2.05) is 32.2 Å². The van der Waals surface area contributed by atoms with Crippen LogP contribution < -0.4 is 5.32 Å². The summed E-state index contributed by atoms with van der Waals surface area (Å²) in [4.78, 5) is 20.4. The summed E-state index contributed by atoms with van der Waals surface area (Å²) in [5.74, 6) is 0.873. The summed E-state index contributed by atoms with van der Waals surface area (Å²) in [6.07, 6.45) is 3.22. The Balaban J connectivity index is 1.75. The van der Waals surface area contributed by atoms with Crippen LogP contribution in [0, 0.1) is 6.92 Å². The molecule has 0 aliphatic carbocycles. The van der Waals surface area contributed by atoms with Gasteiger partial charge in [0.05, 0.1) is 11.0 Å². The average Bonchev–Trinajstić information content (AvgIpc) is 2.80. The van der Waals surface area contributed by atoms with Crippen LogP contribution >= 0.6 is 0 Å². The van der Waals surface area contributed by atoms with Crippen molar-refractivity contribution in [3.8, 4) is 0 Å². The molecule has 0 radical (unpaired) electrons. The van der Waals surface area contributed by atoms with Crippen molar-refractivity contribution in [2.24, 2.45) is 7.05 Å². The zero-order valence-electron chi connectivity index (χ0n) is 12.0. The number of rotatable bonds is 3. The van der Waals surface area contributed by atoms with E-state index in [2.05, 4.69) is 19.9 Å². The predicted octanol–water partition coefficient (Wildman–Crippen LogP) is 2.21. The van der Waals surface area contributed by atoms with E-state index in [9.17, 15) is 4.79 Å². The molecule has 0 fully saturated rings. The first-order valence-corrected chi connectivity index (χ1v) is 6.75. The molecule has 0 aliphatic heterocycles. The number of carbonyl (C=O) groups is 1. The molecule has 1 amide bonds. The highest BCUT2D eigenvalue weighted by Crippen LogP contribution is 2.16. The molecule has 0 unspecified atom stereocenters. The van der Waals surface area contributed by atoms with Crippen molar-refractivity contribution in [1.82, 2.24) is 19.9 Å². The number of pyridine rings is 1. The van der Waals surface area contributed by atoms with Crippen LogP contribution in [0.15, 0.2) is 42.7 Å². The molecular weight excluding hydrogens is 264 g/mol. The van der Waals surface area contributed by atoms with E-state index in [0.717, 1.165) is 22.4 Å². The first-order chi connectivity index (χ1) is 10.1. The molecule has 0 spiro atoms. The molecule has 1 aromatic carbocycles. The van der Waals surface area contributed by atoms with Gasteiger partial charge < -0.3 is 9.88 Å². The molecule has 0 aliphatic rings. The Labute approximate surface area is 122 Å². The van der Waals surface area contributed by atoms with Gasteiger partial charge in [-0.15, -0.1) is 0 Å². The topological polar surface area (TPSA) is 59.8 Å². The Morgan fingerprint density at radius 2 is 2.00 bits per heavy atom. The van der Waals surface area contributed by atoms with Crippen molar-refractivity contribution in [3.05, 3.63) is 59.7 Å². The first kappa shape index (κ1) is 13.3. The molecule has 0 bridgehead atoms. The maximum atomic E-state index is 12.0. The van der Waals surface area contributed by atoms with Crippen LogP contribution in [0.25, 0.3) is 11.0 Å². The third-order valence-corrected chi connectivity index (χ3v) is 3.56. The van der Waals surface area contributed by atoms with Crippen LogP contribution in [0.4, 0.5) is 0 Å². The fourth-order valence-electron chi connectivity index (χ4n) is 2.26. The van der Waals surface area contributed by atoms with Crippen molar-refractivity contribution in [2.75, 3.05) is 0 Å². The van der Waals surface area contributed by atoms with Gasteiger partial charge in [0.25, 0.3) is 5.91 Å². The number of hydrogen-bond donors (Lipinski definition) is 1. The van der Waals surface area contributed by atoms with Crippen LogP contribution in [-0.4, -0.2) is 20.4 Å². The van der Waals surface area contributed by atoms with Crippen molar-refractivity contribution in [1.29, 1.82) is 0 Å². The van der Waals surface area contributed by atoms with Crippen LogP contribution in [0.5, 0.6) is 0 Å². The number of imidazole rings is 1. The minimum absolute atomic E-state index is 0.102. The number of nitrogens with one attached hydrogen (secondary N) is 1. The average molecular weight is 280 g/mol. The highest BCUT2D eigenvalue weighted by Gasteiger charge is 2.07. The number of benzene rings is 1. The smallest absolute Gasteiger partial charge is 0.251 e. The quantitative estimate of drug-likeness (QED) is 0.800. The lowest BCUT2D eigenvalue weighted by atomic mass is 10.2. The maximum Gasteiger partial charge on any atom is 0.251 e. The van der Waals surface area contributed by atoms with E-state index in [1.54, 1.807) is 24.5 Å². The fourth-order valence-corrected chi connectivity index (χ4v) is 2.26. The Morgan fingerprint density at radius 3 is 2.76 bits per heavy atom. The van der Waals surface area contributed by atoms with E-state index in [4.69, 9.17) is 0 Å². The number of nitrogens with zero attached hydrogens (tertiary/aromatic N) is 3. The minimum atomic E-state index is -0.102. The van der Waals surface area contributed by atoms with Crippen LogP contribution in [0.3, 0.4) is 0 Å². The largest absolute Gasteiger partial charge is 0.348 e. The highest BCUT2D eigenvalue weighted by atomic mass is 16.1. The molecular formula is C16H16N4O. The lowest BCUT2D eigenvalue weighted by molar-refractivity contribution is 0.0951. The summed E-state index contributed by atoms with van der Waals surface area (Å²) >= 11 is 0. The molecule has 3 aromatic rings. The van der Waals surface area contributed by atoms with Crippen molar-refractivity contribution in [3.63, 3.8) is 0 Å². The van der Waals surface area contributed by atoms with E-state index < -0.39 is 0 Å². The lowest BCUT2D eigenvalue weighted by Gasteiger charge is -2.05. The summed E-state index contributed by atoms with van der Waals surface area (Å²) in [5, 5.41) is 2.90. The number of aromatic nitrogens is 3. The van der Waals surface area contributed by atoms with Crippen molar-refractivity contribution >= 4 is 16.9 Å². The van der Waals surface area contributed by atoms with Gasteiger partial charge >= 0.3 is 0 Å². The van der Waals surface area contributed by atoms with E-state index in [0.29, 0.717) is 12.1 Å². The summed E-state index contributed by atoms with van der Waals surface area (Å²) in [7, 11) is 2.00. The first-order valence-electron chi connectivity index (χ1n) is 6.75. The number of amides is 1. The summed E-state index contributed by atoms with van der Waals surface area (Å²) in [6, 6.07) is 9.44. The lowest BCUT2D eigenvalue weighted by Crippen LogP contribution is -2.22. The second-order valence-corrected chi connectivity index (χ2v) is 4.96. The van der Waals surface area contributed by atoms with E-state index >= 15 is 0 Å². The van der Waals surface area contributed by atoms with E-state index in [-0.39, 0.29) is 5.91 Å². The standard InChI is InChI=1S/C16H16N4O/c1-11-19-14-9-12(3-4-15(14)20(11)2)10-18-16(21)13-5-7-17-8-6-13/h3-9H,10H2,1-2H3,(H,18,21). The van der Waals surface area contributed by atoms with Gasteiger partial charge in [-0.1, -0.05) is 6.07 Å². The van der Waals surface area contributed by atoms with E-state index in [1.165, 1.54) is 0 Å². The molecule has 21 heavy (non-hydrogen) atoms. The number of fused-ring (bicyclic) bond motifs is 1. The van der Waals surface area contributed by atoms with Gasteiger partial charge in [-0.05, 0) is 36.8 Å². The molecule has 0 saturated heterocycles. The Bertz CT molecular complexity index is 793. The minimum Gasteiger partial charge on any atom is -0.348 e. The molecule has 0 atom stereocenters. The highest BCUT2D eigenvalue weighted by molar-refractivity contribution is 5.94. The van der Waals surface area contributed by atoms with Crippen LogP contribution in [0.1, 0.15) is 21.7 Å². The summed E-state index contributed by atoms with van der Waals surface area (Å²) in [6.45, 7) is 2.46. The van der Waals surface area contributed by atoms with Gasteiger partial charge in [-0.2, -0.15) is 0 Å². The third kappa shape index (κ3) is 2.63. The Morgan fingerprint density at radius 1 is 1.24 bits per heavy atom. The molecule has 5 nitrogen and oxygen atoms in total. The maximum absolute atomic E-state index is 12.0. The molecule has 2 aromatic heterocycles. The SMILES string of the molecule is Cc1nc2cc(CNC(=O)c3ccncc3)ccc2n1C. The van der Waals surface area contributed by atoms with Crippen LogP contribution in [-0.2, 0) is 13.6 Å². The van der Waals surface area contributed by atoms with Gasteiger partial charge in [0.15, 0.2) is 0 Å². The number of aryl methyl sites for hydroxylation is 2. The second-order valence-electron chi connectivity index (χ2n) is 4.96. The third-order valence-electron chi connectivity index (χ3n) is 3.56. The normalized spacial score (nSPS) is 10.8. The van der Waals surface area contributed by atoms with Gasteiger partial charge in [-0.3, -0.25) is 9.78 Å². The monoisotopic (exact) mass is 280 g/mol.